The lowest BCUT2D eigenvalue weighted by atomic mass is 10.3. The molecule has 0 aliphatic rings. The molecule has 0 saturated heterocycles. The molecule has 78 valence electrons. The Kier molecular flexibility index (Phi) is 3.28. The van der Waals surface area contributed by atoms with E-state index in [-0.39, 0.29) is 6.08 Å². The second-order valence-electron chi connectivity index (χ2n) is 2.77. The zero-order valence-corrected chi connectivity index (χ0v) is 9.96. The van der Waals surface area contributed by atoms with Gasteiger partial charge in [0.05, 0.1) is 16.0 Å². The highest BCUT2D eigenvalue weighted by Gasteiger charge is 2.07. The van der Waals surface area contributed by atoms with Crippen molar-refractivity contribution in [3.05, 3.63) is 40.7 Å². The van der Waals surface area contributed by atoms with E-state index >= 15 is 0 Å². The first kappa shape index (κ1) is 10.5. The maximum Gasteiger partial charge on any atom is 0.399 e. The van der Waals surface area contributed by atoms with E-state index in [0.717, 1.165) is 4.47 Å². The zero-order valence-electron chi connectivity index (χ0n) is 7.61. The van der Waals surface area contributed by atoms with Crippen LogP contribution in [0.4, 0.5) is 0 Å². The number of para-hydroxylation sites is 1. The fourth-order valence-corrected chi connectivity index (χ4v) is 1.51. The Morgan fingerprint density at radius 1 is 1.40 bits per heavy atom. The van der Waals surface area contributed by atoms with E-state index in [2.05, 4.69) is 20.9 Å². The molecule has 0 saturated carbocycles. The Hall–Kier alpha value is -1.000. The molecule has 0 atom stereocenters. The molecule has 0 radical (unpaired) electrons. The summed E-state index contributed by atoms with van der Waals surface area (Å²) in [5.74, 6) is 0.962. The Balaban J connectivity index is 2.18. The van der Waals surface area contributed by atoms with Crippen LogP contribution >= 0.6 is 27.5 Å². The van der Waals surface area contributed by atoms with Gasteiger partial charge in [-0.3, -0.25) is 0 Å². The molecule has 1 aromatic carbocycles. The number of benzene rings is 1. The molecule has 2 rings (SSSR count). The third kappa shape index (κ3) is 2.52. The van der Waals surface area contributed by atoms with E-state index in [9.17, 15) is 0 Å². The molecule has 0 bridgehead atoms. The Bertz CT molecular complexity index is 458. The average Bonchev–Trinajstić information content (AvgIpc) is 2.69. The number of oxazole rings is 1. The molecule has 0 fully saturated rings. The van der Waals surface area contributed by atoms with E-state index in [1.54, 1.807) is 0 Å². The molecule has 1 aromatic heterocycles. The van der Waals surface area contributed by atoms with Gasteiger partial charge in [0, 0.05) is 0 Å². The van der Waals surface area contributed by atoms with Gasteiger partial charge in [0.25, 0.3) is 0 Å². The smallest absolute Gasteiger partial charge is 0.399 e. The summed E-state index contributed by atoms with van der Waals surface area (Å²) in [5.41, 5.74) is 0.652. The number of hydrogen-bond acceptors (Lipinski definition) is 3. The van der Waals surface area contributed by atoms with E-state index in [4.69, 9.17) is 20.8 Å². The van der Waals surface area contributed by atoms with Gasteiger partial charge >= 0.3 is 6.08 Å². The number of nitrogens with zero attached hydrogens (tertiary/aromatic N) is 1. The summed E-state index contributed by atoms with van der Waals surface area (Å²) < 4.78 is 11.3. The van der Waals surface area contributed by atoms with Crippen LogP contribution in [0.1, 0.15) is 5.69 Å². The van der Waals surface area contributed by atoms with Gasteiger partial charge in [0.2, 0.25) is 0 Å². The SMILES string of the molecule is ClCc1coc(Oc2ccccc2Br)n1. The molecular weight excluding hydrogens is 281 g/mol. The number of hydrogen-bond donors (Lipinski definition) is 0. The number of aromatic nitrogens is 1. The standard InChI is InChI=1S/C10H7BrClNO2/c11-8-3-1-2-4-9(8)15-10-13-7(5-12)6-14-10/h1-4,6H,5H2. The maximum absolute atomic E-state index is 5.59. The molecule has 0 amide bonds. The minimum Gasteiger partial charge on any atom is -0.417 e. The molecule has 0 N–H and O–H groups in total. The molecule has 3 nitrogen and oxygen atoms in total. The summed E-state index contributed by atoms with van der Waals surface area (Å²) in [6, 6.07) is 7.46. The van der Waals surface area contributed by atoms with Crippen molar-refractivity contribution in [3.8, 4) is 11.8 Å². The van der Waals surface area contributed by atoms with Crippen molar-refractivity contribution in [2.75, 3.05) is 0 Å². The third-order valence-electron chi connectivity index (χ3n) is 1.70. The van der Waals surface area contributed by atoms with E-state index in [1.807, 2.05) is 24.3 Å². The number of rotatable bonds is 3. The van der Waals surface area contributed by atoms with Gasteiger partial charge < -0.3 is 9.15 Å². The largest absolute Gasteiger partial charge is 0.417 e. The molecule has 0 spiro atoms. The summed E-state index contributed by atoms with van der Waals surface area (Å²) in [5, 5.41) is 0. The molecule has 1 heterocycles. The monoisotopic (exact) mass is 287 g/mol. The highest BCUT2D eigenvalue weighted by Crippen LogP contribution is 2.28. The zero-order chi connectivity index (χ0) is 10.7. The summed E-state index contributed by atoms with van der Waals surface area (Å²) in [6.45, 7) is 0. The molecule has 5 heteroatoms. The first-order valence-corrected chi connectivity index (χ1v) is 5.55. The van der Waals surface area contributed by atoms with E-state index in [1.165, 1.54) is 6.26 Å². The van der Waals surface area contributed by atoms with Gasteiger partial charge in [0.15, 0.2) is 0 Å². The first-order chi connectivity index (χ1) is 7.29. The molecular formula is C10H7BrClNO2. The summed E-state index contributed by atoms with van der Waals surface area (Å²) in [4.78, 5) is 4.02. The van der Waals surface area contributed by atoms with Gasteiger partial charge in [-0.2, -0.15) is 4.98 Å². The Labute approximate surface area is 100 Å². The molecule has 0 aliphatic carbocycles. The predicted molar refractivity (Wildman–Crippen MR) is 60.3 cm³/mol. The van der Waals surface area contributed by atoms with Crippen LogP contribution in [0.15, 0.2) is 39.4 Å². The first-order valence-electron chi connectivity index (χ1n) is 4.22. The second-order valence-corrected chi connectivity index (χ2v) is 3.89. The highest BCUT2D eigenvalue weighted by molar-refractivity contribution is 9.10. The minimum absolute atomic E-state index is 0.192. The van der Waals surface area contributed by atoms with Crippen LogP contribution in [-0.2, 0) is 5.88 Å². The fraction of sp³-hybridized carbons (Fsp3) is 0.100. The summed E-state index contributed by atoms with van der Waals surface area (Å²) >= 11 is 8.94. The van der Waals surface area contributed by atoms with Gasteiger partial charge in [-0.05, 0) is 28.1 Å². The maximum atomic E-state index is 5.59. The van der Waals surface area contributed by atoms with E-state index < -0.39 is 0 Å². The summed E-state index contributed by atoms with van der Waals surface area (Å²) in [7, 11) is 0. The van der Waals surface area contributed by atoms with Gasteiger partial charge in [0.1, 0.15) is 12.0 Å². The lowest BCUT2D eigenvalue weighted by Crippen LogP contribution is -1.85. The summed E-state index contributed by atoms with van der Waals surface area (Å²) in [6.07, 6.45) is 1.66. The predicted octanol–water partition coefficient (Wildman–Crippen LogP) is 3.97. The van der Waals surface area contributed by atoms with Crippen LogP contribution in [0, 0.1) is 0 Å². The van der Waals surface area contributed by atoms with E-state index in [0.29, 0.717) is 17.3 Å². The molecule has 0 aliphatic heterocycles. The molecule has 2 aromatic rings. The lowest BCUT2D eigenvalue weighted by molar-refractivity contribution is 0.329. The normalized spacial score (nSPS) is 10.3. The van der Waals surface area contributed by atoms with Crippen LogP contribution in [0.25, 0.3) is 0 Å². The van der Waals surface area contributed by atoms with Gasteiger partial charge in [-0.25, -0.2) is 0 Å². The van der Waals surface area contributed by atoms with Crippen LogP contribution < -0.4 is 4.74 Å². The van der Waals surface area contributed by atoms with Crippen LogP contribution in [0.5, 0.6) is 11.8 Å². The molecule has 15 heavy (non-hydrogen) atoms. The van der Waals surface area contributed by atoms with Gasteiger partial charge in [-0.1, -0.05) is 12.1 Å². The van der Waals surface area contributed by atoms with Crippen molar-refractivity contribution in [3.63, 3.8) is 0 Å². The van der Waals surface area contributed by atoms with Crippen LogP contribution in [0.3, 0.4) is 0 Å². The second kappa shape index (κ2) is 4.68. The van der Waals surface area contributed by atoms with Crippen LogP contribution in [0.2, 0.25) is 0 Å². The lowest BCUT2D eigenvalue weighted by Gasteiger charge is -2.01. The van der Waals surface area contributed by atoms with Crippen molar-refractivity contribution in [2.24, 2.45) is 0 Å². The molecule has 0 unspecified atom stereocenters. The minimum atomic E-state index is 0.192. The van der Waals surface area contributed by atoms with Crippen molar-refractivity contribution >= 4 is 27.5 Å². The highest BCUT2D eigenvalue weighted by atomic mass is 79.9. The van der Waals surface area contributed by atoms with Crippen LogP contribution in [-0.4, -0.2) is 4.98 Å². The number of halogens is 2. The quantitative estimate of drug-likeness (QED) is 0.802. The van der Waals surface area contributed by atoms with Crippen molar-refractivity contribution in [2.45, 2.75) is 5.88 Å². The Morgan fingerprint density at radius 2 is 2.20 bits per heavy atom. The fourth-order valence-electron chi connectivity index (χ4n) is 1.02. The average molecular weight is 289 g/mol. The number of alkyl halides is 1. The third-order valence-corrected chi connectivity index (χ3v) is 2.63. The van der Waals surface area contributed by atoms with Gasteiger partial charge in [-0.15, -0.1) is 11.6 Å². The van der Waals surface area contributed by atoms with Crippen molar-refractivity contribution in [1.82, 2.24) is 4.98 Å². The topological polar surface area (TPSA) is 35.3 Å². The van der Waals surface area contributed by atoms with Crippen molar-refractivity contribution < 1.29 is 9.15 Å². The number of ether oxygens (including phenoxy) is 1. The Morgan fingerprint density at radius 3 is 2.87 bits per heavy atom. The van der Waals surface area contributed by atoms with Crippen molar-refractivity contribution in [1.29, 1.82) is 0 Å².